The molecule has 0 atom stereocenters. The number of nitrogens with zero attached hydrogens (tertiary/aromatic N) is 3. The second kappa shape index (κ2) is 13.2. The van der Waals surface area contributed by atoms with Crippen LogP contribution in [0.2, 0.25) is 0 Å². The van der Waals surface area contributed by atoms with Crippen LogP contribution >= 0.6 is 0 Å². The van der Waals surface area contributed by atoms with E-state index in [-0.39, 0.29) is 36.2 Å². The van der Waals surface area contributed by atoms with Crippen molar-refractivity contribution in [3.8, 4) is 11.3 Å². The van der Waals surface area contributed by atoms with E-state index in [0.717, 1.165) is 48.6 Å². The molecule has 1 N–H and O–H groups in total. The molecule has 6 nitrogen and oxygen atoms in total. The summed E-state index contributed by atoms with van der Waals surface area (Å²) in [6, 6.07) is 20.4. The number of unbranched alkanes of at least 4 members (excludes halogenated alkanes) is 1. The average Bonchev–Trinajstić information content (AvgIpc) is 2.77. The van der Waals surface area contributed by atoms with Gasteiger partial charge >= 0.3 is 35.5 Å². The number of aromatic nitrogens is 2. The van der Waals surface area contributed by atoms with E-state index in [2.05, 4.69) is 29.2 Å². The molecule has 1 heterocycles. The maximum absolute atomic E-state index is 10.5. The van der Waals surface area contributed by atoms with Crippen molar-refractivity contribution < 1.29 is 14.6 Å². The summed E-state index contributed by atoms with van der Waals surface area (Å²) in [4.78, 5) is 22.2. The number of ether oxygens (including phenoxy) is 1. The molecule has 0 radical (unpaired) electrons. The third-order valence-electron chi connectivity index (χ3n) is 4.75. The van der Waals surface area contributed by atoms with Crippen molar-refractivity contribution in [2.24, 2.45) is 0 Å². The molecule has 7 heteroatoms. The van der Waals surface area contributed by atoms with Gasteiger partial charge in [-0.15, -0.1) is 0 Å². The predicted molar refractivity (Wildman–Crippen MR) is 125 cm³/mol. The van der Waals surface area contributed by atoms with Crippen LogP contribution in [-0.2, 0) is 16.0 Å². The van der Waals surface area contributed by atoms with Crippen molar-refractivity contribution in [2.45, 2.75) is 19.3 Å². The predicted octanol–water partition coefficient (Wildman–Crippen LogP) is 3.40. The second-order valence-corrected chi connectivity index (χ2v) is 7.13. The fourth-order valence-corrected chi connectivity index (χ4v) is 3.16. The molecule has 0 amide bonds. The van der Waals surface area contributed by atoms with Crippen LogP contribution in [-0.4, -0.2) is 77.4 Å². The normalized spacial score (nSPS) is 10.4. The molecule has 0 spiro atoms. The maximum atomic E-state index is 10.5. The van der Waals surface area contributed by atoms with Crippen molar-refractivity contribution in [1.29, 1.82) is 0 Å². The fourth-order valence-electron chi connectivity index (χ4n) is 3.16. The molecule has 0 unspecified atom stereocenters. The molecule has 1 aromatic heterocycles. The molecule has 158 valence electrons. The van der Waals surface area contributed by atoms with Crippen LogP contribution in [0, 0.1) is 0 Å². The van der Waals surface area contributed by atoms with E-state index in [9.17, 15) is 4.79 Å². The number of anilines is 1. The molecule has 3 aromatic rings. The minimum atomic E-state index is -0.938. The topological polar surface area (TPSA) is 75.5 Å². The Bertz CT molecular complexity index is 939. The second-order valence-electron chi connectivity index (χ2n) is 7.13. The van der Waals surface area contributed by atoms with Gasteiger partial charge in [0.15, 0.2) is 0 Å². The van der Waals surface area contributed by atoms with Gasteiger partial charge in [-0.3, -0.25) is 4.98 Å². The Morgan fingerprint density at radius 3 is 2.39 bits per heavy atom. The van der Waals surface area contributed by atoms with Gasteiger partial charge in [0.05, 0.1) is 17.6 Å². The molecule has 0 aliphatic carbocycles. The molecule has 0 saturated carbocycles. The van der Waals surface area contributed by atoms with E-state index in [0.29, 0.717) is 6.61 Å². The Labute approximate surface area is 205 Å². The fraction of sp³-hybridized carbons (Fsp3) is 0.292. The Morgan fingerprint density at radius 1 is 1.03 bits per heavy atom. The number of hydrogen-bond donors (Lipinski definition) is 1. The Balaban J connectivity index is 0.00000341. The Morgan fingerprint density at radius 2 is 1.71 bits per heavy atom. The summed E-state index contributed by atoms with van der Waals surface area (Å²) in [5.74, 6) is -0.122. The van der Waals surface area contributed by atoms with Crippen LogP contribution in [0.3, 0.4) is 0 Å². The summed E-state index contributed by atoms with van der Waals surface area (Å²) in [6.45, 7) is 0.985. The van der Waals surface area contributed by atoms with Gasteiger partial charge < -0.3 is 14.7 Å². The van der Waals surface area contributed by atoms with Gasteiger partial charge in [-0.1, -0.05) is 60.7 Å². The zero-order valence-corrected chi connectivity index (χ0v) is 17.2. The number of carboxylic acids is 1. The number of aliphatic carboxylic acids is 1. The molecule has 31 heavy (non-hydrogen) atoms. The summed E-state index contributed by atoms with van der Waals surface area (Å²) < 4.78 is 5.09. The van der Waals surface area contributed by atoms with Gasteiger partial charge in [-0.05, 0) is 18.4 Å². The van der Waals surface area contributed by atoms with Crippen molar-refractivity contribution >= 4 is 41.3 Å². The van der Waals surface area contributed by atoms with Crippen LogP contribution in [0.1, 0.15) is 24.1 Å². The van der Waals surface area contributed by atoms with E-state index in [1.807, 2.05) is 49.6 Å². The molecule has 0 fully saturated rings. The first kappa shape index (κ1) is 25.0. The first-order valence-electron chi connectivity index (χ1n) is 10.1. The van der Waals surface area contributed by atoms with Crippen molar-refractivity contribution in [3.63, 3.8) is 0 Å². The molecule has 0 aliphatic heterocycles. The van der Waals surface area contributed by atoms with E-state index in [1.165, 1.54) is 5.56 Å². The van der Waals surface area contributed by atoms with Crippen molar-refractivity contribution in [1.82, 2.24) is 9.97 Å². The zero-order valence-electron chi connectivity index (χ0n) is 17.2. The van der Waals surface area contributed by atoms with E-state index in [1.54, 1.807) is 0 Å². The first-order valence-corrected chi connectivity index (χ1v) is 10.1. The number of hydrogen-bond acceptors (Lipinski definition) is 5. The average molecular weight is 429 g/mol. The van der Waals surface area contributed by atoms with Crippen LogP contribution in [0.5, 0.6) is 0 Å². The summed E-state index contributed by atoms with van der Waals surface area (Å²) >= 11 is 0. The number of carboxylic acid groups (broad SMARTS) is 1. The number of benzene rings is 2. The SMILES string of the molecule is CN(CCCCOCC(=O)O)c1cnc(Cc2ccccc2)c(-c2ccccc2)n1.[NaH]. The minimum absolute atomic E-state index is 0. The van der Waals surface area contributed by atoms with Gasteiger partial charge in [-0.25, -0.2) is 9.78 Å². The van der Waals surface area contributed by atoms with Crippen LogP contribution in [0.4, 0.5) is 5.82 Å². The standard InChI is InChI=1S/C24H27N3O3.Na.H/c1-27(14-8-9-15-30-18-23(28)29)22-17-25-21(16-19-10-4-2-5-11-19)24(26-22)20-12-6-3-7-13-20;;/h2-7,10-13,17H,8-9,14-16,18H2,1H3,(H,28,29);;. The Kier molecular flexibility index (Phi) is 10.7. The molecule has 0 aliphatic rings. The summed E-state index contributed by atoms with van der Waals surface area (Å²) in [6.07, 6.45) is 4.22. The quantitative estimate of drug-likeness (QED) is 0.372. The van der Waals surface area contributed by atoms with Gasteiger partial charge in [0.25, 0.3) is 0 Å². The molecular weight excluding hydrogens is 401 g/mol. The number of carbonyl (C=O) groups is 1. The number of rotatable bonds is 11. The van der Waals surface area contributed by atoms with Crippen molar-refractivity contribution in [3.05, 3.63) is 78.1 Å². The van der Waals surface area contributed by atoms with Crippen LogP contribution in [0.15, 0.2) is 66.9 Å². The third kappa shape index (κ3) is 8.07. The third-order valence-corrected chi connectivity index (χ3v) is 4.75. The van der Waals surface area contributed by atoms with Crippen molar-refractivity contribution in [2.75, 3.05) is 31.7 Å². The van der Waals surface area contributed by atoms with E-state index >= 15 is 0 Å². The monoisotopic (exact) mass is 429 g/mol. The van der Waals surface area contributed by atoms with E-state index in [4.69, 9.17) is 19.8 Å². The van der Waals surface area contributed by atoms with Gasteiger partial charge in [-0.2, -0.15) is 0 Å². The van der Waals surface area contributed by atoms with Gasteiger partial charge in [0, 0.05) is 32.2 Å². The van der Waals surface area contributed by atoms with Gasteiger partial charge in [0.2, 0.25) is 0 Å². The summed E-state index contributed by atoms with van der Waals surface area (Å²) in [7, 11) is 1.99. The van der Waals surface area contributed by atoms with Crippen LogP contribution in [0.25, 0.3) is 11.3 Å². The first-order chi connectivity index (χ1) is 14.6. The van der Waals surface area contributed by atoms with Crippen LogP contribution < -0.4 is 4.90 Å². The summed E-state index contributed by atoms with van der Waals surface area (Å²) in [5.41, 5.74) is 4.10. The molecule has 3 rings (SSSR count). The molecular formula is C24H28N3NaO3. The molecule has 0 saturated heterocycles. The Hall–Kier alpha value is -2.25. The summed E-state index contributed by atoms with van der Waals surface area (Å²) in [5, 5.41) is 8.59. The zero-order chi connectivity index (χ0) is 21.2. The molecule has 0 bridgehead atoms. The van der Waals surface area contributed by atoms with Gasteiger partial charge in [0.1, 0.15) is 12.4 Å². The molecule has 2 aromatic carbocycles. The van der Waals surface area contributed by atoms with E-state index < -0.39 is 5.97 Å².